The van der Waals surface area contributed by atoms with Gasteiger partial charge in [0.15, 0.2) is 0 Å². The van der Waals surface area contributed by atoms with E-state index in [0.29, 0.717) is 24.1 Å². The van der Waals surface area contributed by atoms with Gasteiger partial charge in [-0.2, -0.15) is 0 Å². The van der Waals surface area contributed by atoms with Gasteiger partial charge in [-0.05, 0) is 70.6 Å². The van der Waals surface area contributed by atoms with Gasteiger partial charge in [0.1, 0.15) is 17.1 Å². The van der Waals surface area contributed by atoms with Crippen molar-refractivity contribution in [2.45, 2.75) is 71.3 Å². The van der Waals surface area contributed by atoms with Gasteiger partial charge in [0.25, 0.3) is 0 Å². The number of carbonyl (C=O) groups excluding carboxylic acids is 1. The topological polar surface area (TPSA) is 58.6 Å². The predicted octanol–water partition coefficient (Wildman–Crippen LogP) is 5.02. The summed E-state index contributed by atoms with van der Waals surface area (Å²) in [6, 6.07) is 4.00. The number of phenols is 1. The van der Waals surface area contributed by atoms with E-state index in [0.717, 1.165) is 49.0 Å². The van der Waals surface area contributed by atoms with E-state index in [1.54, 1.807) is 0 Å². The molecule has 1 heterocycles. The summed E-state index contributed by atoms with van der Waals surface area (Å²) in [7, 11) is 0. The third-order valence-electron chi connectivity index (χ3n) is 6.01. The highest BCUT2D eigenvalue weighted by atomic mass is 16.5. The number of nitrogens with one attached hydrogen (secondary N) is 1. The number of carbonyl (C=O) groups is 1. The Morgan fingerprint density at radius 3 is 2.89 bits per heavy atom. The lowest BCUT2D eigenvalue weighted by Gasteiger charge is -2.47. The molecule has 1 aliphatic heterocycles. The van der Waals surface area contributed by atoms with Crippen LogP contribution in [-0.4, -0.2) is 23.2 Å². The maximum atomic E-state index is 10.9. The molecule has 0 saturated heterocycles. The molecule has 4 heteroatoms. The van der Waals surface area contributed by atoms with E-state index in [1.165, 1.54) is 12.5 Å². The Morgan fingerprint density at radius 2 is 2.14 bits per heavy atom. The Morgan fingerprint density at radius 1 is 1.36 bits per heavy atom. The van der Waals surface area contributed by atoms with Crippen molar-refractivity contribution in [2.24, 2.45) is 5.92 Å². The number of unbranched alkanes of at least 4 members (excludes halogenated alkanes) is 1. The number of aromatic hydroxyl groups is 1. The molecule has 2 aliphatic rings. The summed E-state index contributed by atoms with van der Waals surface area (Å²) in [6.45, 7) is 8.76. The Kier molecular flexibility index (Phi) is 6.17. The van der Waals surface area contributed by atoms with Crippen LogP contribution in [0.15, 0.2) is 35.9 Å². The zero-order chi connectivity index (χ0) is 20.3. The first-order chi connectivity index (χ1) is 13.3. The molecule has 152 valence electrons. The van der Waals surface area contributed by atoms with E-state index in [9.17, 15) is 9.90 Å². The molecule has 1 aliphatic carbocycles. The highest BCUT2D eigenvalue weighted by Crippen LogP contribution is 2.54. The molecule has 1 aromatic rings. The second kappa shape index (κ2) is 8.42. The average molecular weight is 384 g/mol. The van der Waals surface area contributed by atoms with Gasteiger partial charge in [0, 0.05) is 30.9 Å². The summed E-state index contributed by atoms with van der Waals surface area (Å²) in [6.07, 6.45) is 11.2. The first-order valence-electron chi connectivity index (χ1n) is 10.4. The maximum absolute atomic E-state index is 10.9. The first kappa shape index (κ1) is 20.5. The number of ether oxygens (including phenoxy) is 1. The lowest BCUT2D eigenvalue weighted by Crippen LogP contribution is -2.45. The van der Waals surface area contributed by atoms with Crippen LogP contribution in [0.3, 0.4) is 0 Å². The Labute approximate surface area is 168 Å². The van der Waals surface area contributed by atoms with Crippen LogP contribution in [-0.2, 0) is 11.2 Å². The third kappa shape index (κ3) is 4.60. The fourth-order valence-electron chi connectivity index (χ4n) is 4.56. The number of hydrogen-bond acceptors (Lipinski definition) is 3. The Bertz CT molecular complexity index is 791. The molecule has 0 saturated carbocycles. The van der Waals surface area contributed by atoms with Gasteiger partial charge >= 0.3 is 0 Å². The molecule has 2 unspecified atom stereocenters. The molecule has 3 rings (SSSR count). The number of fused-ring (bicyclic) bond motifs is 3. The second-order valence-electron chi connectivity index (χ2n) is 8.74. The zero-order valence-corrected chi connectivity index (χ0v) is 17.5. The number of allylic oxidation sites excluding steroid dienone is 4. The monoisotopic (exact) mass is 383 g/mol. The summed E-state index contributed by atoms with van der Waals surface area (Å²) >= 11 is 0. The van der Waals surface area contributed by atoms with Crippen LogP contribution in [0, 0.1) is 5.92 Å². The fourth-order valence-corrected chi connectivity index (χ4v) is 4.56. The fraction of sp³-hybridized carbons (Fsp3) is 0.542. The van der Waals surface area contributed by atoms with Gasteiger partial charge in [-0.3, -0.25) is 4.79 Å². The summed E-state index contributed by atoms with van der Waals surface area (Å²) in [5.41, 5.74) is 3.21. The highest BCUT2D eigenvalue weighted by Gasteiger charge is 2.45. The highest BCUT2D eigenvalue weighted by molar-refractivity contribution is 5.72. The minimum atomic E-state index is -0.237. The van der Waals surface area contributed by atoms with Crippen molar-refractivity contribution in [3.05, 3.63) is 47.1 Å². The standard InChI is InChI=1S/C24H33NO3/c1-16-10-11-20-19(13-16)23-21(27)14-18(15-22(23)28-24(20,3)4)9-7-5-6-8-12-25-17(2)26/h5,7,10,14-15,19-20,27H,6,8-9,11-13H2,1-4H3,(H,25,26)/b7-5+. The van der Waals surface area contributed by atoms with Crippen molar-refractivity contribution in [2.75, 3.05) is 6.54 Å². The molecular weight excluding hydrogens is 350 g/mol. The van der Waals surface area contributed by atoms with Crippen LogP contribution in [0.5, 0.6) is 11.5 Å². The van der Waals surface area contributed by atoms with Crippen molar-refractivity contribution in [3.63, 3.8) is 0 Å². The summed E-state index contributed by atoms with van der Waals surface area (Å²) in [4.78, 5) is 10.9. The molecule has 0 spiro atoms. The van der Waals surface area contributed by atoms with Crippen LogP contribution < -0.4 is 10.1 Å². The van der Waals surface area contributed by atoms with Crippen LogP contribution in [0.1, 0.15) is 70.4 Å². The van der Waals surface area contributed by atoms with Crippen molar-refractivity contribution in [1.29, 1.82) is 0 Å². The number of hydrogen-bond donors (Lipinski definition) is 2. The van der Waals surface area contributed by atoms with Crippen LogP contribution in [0.25, 0.3) is 0 Å². The molecule has 4 nitrogen and oxygen atoms in total. The molecule has 1 aromatic carbocycles. The van der Waals surface area contributed by atoms with Crippen LogP contribution in [0.2, 0.25) is 0 Å². The van der Waals surface area contributed by atoms with Crippen molar-refractivity contribution < 1.29 is 14.6 Å². The molecule has 28 heavy (non-hydrogen) atoms. The average Bonchev–Trinajstić information content (AvgIpc) is 2.59. The van der Waals surface area contributed by atoms with Gasteiger partial charge in [-0.15, -0.1) is 0 Å². The van der Waals surface area contributed by atoms with Crippen molar-refractivity contribution in [1.82, 2.24) is 5.32 Å². The lowest BCUT2D eigenvalue weighted by molar-refractivity contribution is -0.118. The zero-order valence-electron chi connectivity index (χ0n) is 17.5. The second-order valence-corrected chi connectivity index (χ2v) is 8.74. The summed E-state index contributed by atoms with van der Waals surface area (Å²) in [5, 5.41) is 13.6. The first-order valence-corrected chi connectivity index (χ1v) is 10.4. The molecular formula is C24H33NO3. The maximum Gasteiger partial charge on any atom is 0.216 e. The van der Waals surface area contributed by atoms with Crippen molar-refractivity contribution in [3.8, 4) is 11.5 Å². The van der Waals surface area contributed by atoms with E-state index >= 15 is 0 Å². The largest absolute Gasteiger partial charge is 0.508 e. The van der Waals surface area contributed by atoms with E-state index in [1.807, 2.05) is 6.07 Å². The third-order valence-corrected chi connectivity index (χ3v) is 6.01. The van der Waals surface area contributed by atoms with Gasteiger partial charge in [0.05, 0.1) is 0 Å². The molecule has 0 radical (unpaired) electrons. The molecule has 0 aromatic heterocycles. The number of phenolic OH excluding ortho intramolecular Hbond substituents is 1. The van der Waals surface area contributed by atoms with E-state index < -0.39 is 0 Å². The van der Waals surface area contributed by atoms with Gasteiger partial charge in [0.2, 0.25) is 5.91 Å². The van der Waals surface area contributed by atoms with E-state index in [4.69, 9.17) is 4.74 Å². The van der Waals surface area contributed by atoms with Crippen LogP contribution >= 0.6 is 0 Å². The molecule has 1 amide bonds. The van der Waals surface area contributed by atoms with Gasteiger partial charge in [-0.25, -0.2) is 0 Å². The van der Waals surface area contributed by atoms with Gasteiger partial charge < -0.3 is 15.2 Å². The molecule has 2 N–H and O–H groups in total. The lowest BCUT2D eigenvalue weighted by atomic mass is 9.67. The molecule has 2 atom stereocenters. The van der Waals surface area contributed by atoms with Gasteiger partial charge in [-0.1, -0.05) is 23.8 Å². The van der Waals surface area contributed by atoms with E-state index in [2.05, 4.69) is 50.4 Å². The van der Waals surface area contributed by atoms with Crippen molar-refractivity contribution >= 4 is 5.91 Å². The number of rotatable bonds is 6. The predicted molar refractivity (Wildman–Crippen MR) is 113 cm³/mol. The normalized spacial score (nSPS) is 22.8. The minimum absolute atomic E-state index is 0.0160. The number of amides is 1. The Hall–Kier alpha value is -2.23. The summed E-state index contributed by atoms with van der Waals surface area (Å²) in [5.74, 6) is 1.94. The van der Waals surface area contributed by atoms with Crippen LogP contribution in [0.4, 0.5) is 0 Å². The molecule has 0 bridgehead atoms. The SMILES string of the molecule is CC(=O)NCCC/C=C/Cc1cc(O)c2c(c1)OC(C)(C)C1CC=C(C)CC21. The Balaban J connectivity index is 1.70. The number of benzene rings is 1. The smallest absolute Gasteiger partial charge is 0.216 e. The van der Waals surface area contributed by atoms with E-state index in [-0.39, 0.29) is 11.5 Å². The quantitative estimate of drug-likeness (QED) is 0.536. The molecule has 0 fully saturated rings. The summed E-state index contributed by atoms with van der Waals surface area (Å²) < 4.78 is 6.37. The minimum Gasteiger partial charge on any atom is -0.508 e.